The van der Waals surface area contributed by atoms with Gasteiger partial charge in [-0.15, -0.1) is 0 Å². The molecule has 4 rings (SSSR count). The number of allylic oxidation sites excluding steroid dienone is 6. The first-order valence-electron chi connectivity index (χ1n) is 18.2. The first kappa shape index (κ1) is 39.1. The molecule has 3 aliphatic carbocycles. The molecule has 0 saturated heterocycles. The van der Waals surface area contributed by atoms with Gasteiger partial charge in [-0.05, 0) is 101 Å². The van der Waals surface area contributed by atoms with Crippen molar-refractivity contribution in [1.82, 2.24) is 0 Å². The van der Waals surface area contributed by atoms with Crippen molar-refractivity contribution in [3.63, 3.8) is 0 Å². The largest absolute Gasteiger partial charge is 0.486 e. The summed E-state index contributed by atoms with van der Waals surface area (Å²) in [5, 5.41) is 17.9. The van der Waals surface area contributed by atoms with Crippen LogP contribution in [-0.2, 0) is 9.59 Å². The van der Waals surface area contributed by atoms with Gasteiger partial charge in [0, 0.05) is 29.4 Å². The molecule has 3 unspecified atom stereocenters. The third kappa shape index (κ3) is 9.73. The maximum Gasteiger partial charge on any atom is 0.186 e. The normalized spacial score (nSPS) is 25.2. The zero-order valence-electron chi connectivity index (χ0n) is 32.8. The van der Waals surface area contributed by atoms with Crippen molar-refractivity contribution in [2.24, 2.45) is 59.9 Å². The Balaban J connectivity index is 1.34. The van der Waals surface area contributed by atoms with E-state index < -0.39 is 0 Å². The predicted octanol–water partition coefficient (Wildman–Crippen LogP) is 11.9. The Bertz CT molecular complexity index is 1630. The van der Waals surface area contributed by atoms with E-state index in [0.717, 1.165) is 46.6 Å². The summed E-state index contributed by atoms with van der Waals surface area (Å²) in [4.78, 5) is 26.7. The van der Waals surface area contributed by atoms with E-state index in [1.165, 1.54) is 0 Å². The Labute approximate surface area is 301 Å². The second-order valence-corrected chi connectivity index (χ2v) is 18.6. The lowest BCUT2D eigenvalue weighted by atomic mass is 9.59. The lowest BCUT2D eigenvalue weighted by molar-refractivity contribution is -0.138. The number of nitrogens with zero attached hydrogens (tertiary/aromatic N) is 4. The van der Waals surface area contributed by atoms with Crippen LogP contribution in [0.15, 0.2) is 103 Å². The highest BCUT2D eigenvalue weighted by molar-refractivity contribution is 6.12. The van der Waals surface area contributed by atoms with Crippen molar-refractivity contribution in [2.75, 3.05) is 6.54 Å². The summed E-state index contributed by atoms with van der Waals surface area (Å²) in [5.41, 5.74) is 4.37. The second kappa shape index (κ2) is 14.9. The maximum atomic E-state index is 13.4. The monoisotopic (exact) mass is 680 g/mol. The van der Waals surface area contributed by atoms with Gasteiger partial charge in [-0.25, -0.2) is 0 Å². The van der Waals surface area contributed by atoms with Gasteiger partial charge in [0.05, 0.1) is 24.1 Å². The third-order valence-corrected chi connectivity index (χ3v) is 10.1. The molecule has 0 aromatic heterocycles. The summed E-state index contributed by atoms with van der Waals surface area (Å²) in [6.07, 6.45) is 12.1. The minimum atomic E-state index is -0.280. The molecule has 7 heteroatoms. The van der Waals surface area contributed by atoms with Crippen LogP contribution in [-0.4, -0.2) is 24.2 Å². The number of ketones is 2. The average molecular weight is 681 g/mol. The summed E-state index contributed by atoms with van der Waals surface area (Å²) in [5.74, 6) is 1.75. The molecule has 0 amide bonds. The minimum absolute atomic E-state index is 0.0529. The molecule has 0 aliphatic heterocycles. The summed E-state index contributed by atoms with van der Waals surface area (Å²) in [6.45, 7) is 28.1. The highest BCUT2D eigenvalue weighted by atomic mass is 16.5. The second-order valence-electron chi connectivity index (χ2n) is 18.6. The van der Waals surface area contributed by atoms with Crippen molar-refractivity contribution < 1.29 is 14.3 Å². The van der Waals surface area contributed by atoms with Gasteiger partial charge >= 0.3 is 0 Å². The molecule has 0 bridgehead atoms. The van der Waals surface area contributed by atoms with Gasteiger partial charge in [-0.3, -0.25) is 9.59 Å². The molecule has 50 heavy (non-hydrogen) atoms. The zero-order chi connectivity index (χ0) is 37.2. The highest BCUT2D eigenvalue weighted by Crippen LogP contribution is 2.46. The number of ether oxygens (including phenoxy) is 1. The van der Waals surface area contributed by atoms with Gasteiger partial charge in [0.15, 0.2) is 5.78 Å². The van der Waals surface area contributed by atoms with E-state index >= 15 is 0 Å². The fraction of sp³-hybridized carbons (Fsp3) is 0.581. The molecule has 0 radical (unpaired) electrons. The molecule has 1 aromatic carbocycles. The van der Waals surface area contributed by atoms with Crippen molar-refractivity contribution in [1.29, 1.82) is 0 Å². The van der Waals surface area contributed by atoms with Crippen LogP contribution >= 0.6 is 0 Å². The average Bonchev–Trinajstić information content (AvgIpc) is 2.98. The predicted molar refractivity (Wildman–Crippen MR) is 203 cm³/mol. The van der Waals surface area contributed by atoms with E-state index in [0.29, 0.717) is 30.4 Å². The Morgan fingerprint density at radius 3 is 1.92 bits per heavy atom. The number of carbonyl (C=O) groups excluding carboxylic acids is 2. The molecular formula is C43H60N4O3. The number of rotatable bonds is 7. The van der Waals surface area contributed by atoms with E-state index in [-0.39, 0.29) is 45.4 Å². The summed E-state index contributed by atoms with van der Waals surface area (Å²) in [6, 6.07) is 7.57. The molecule has 270 valence electrons. The number of Topliss-reactive ketones (excluding diaryl/α,β-unsaturated/α-hetero) is 2. The fourth-order valence-electron chi connectivity index (χ4n) is 7.23. The standard InChI is InChI=1S/C43H60N4O3/c1-27-29(24-36(42(8,9)10)39(49)37(27)43(11,12)13)26-45-47-31-16-20-33(21-17-31)50-32-18-14-30(15-19-32)46-44-25-28-22-34(40(2,3)4)38(48)35(23-28)41(5,6)7/h14-18,20-21,24,26,28,32,34-35H,19,22-23,25H2,1-13H3/b29-26-,46-44?,47-45?. The van der Waals surface area contributed by atoms with E-state index in [9.17, 15) is 9.59 Å². The van der Waals surface area contributed by atoms with Gasteiger partial charge < -0.3 is 4.74 Å². The number of azo groups is 2. The first-order valence-corrected chi connectivity index (χ1v) is 18.2. The Kier molecular flexibility index (Phi) is 11.6. The van der Waals surface area contributed by atoms with E-state index in [2.05, 4.69) is 110 Å². The minimum Gasteiger partial charge on any atom is -0.486 e. The van der Waals surface area contributed by atoms with Crippen molar-refractivity contribution in [3.8, 4) is 5.75 Å². The van der Waals surface area contributed by atoms with Crippen LogP contribution in [0.1, 0.15) is 109 Å². The Morgan fingerprint density at radius 2 is 1.42 bits per heavy atom. The summed E-state index contributed by atoms with van der Waals surface area (Å²) in [7, 11) is 0. The Morgan fingerprint density at radius 1 is 0.820 bits per heavy atom. The van der Waals surface area contributed by atoms with Gasteiger partial charge in [-0.1, -0.05) is 89.2 Å². The molecule has 3 aliphatic rings. The van der Waals surface area contributed by atoms with Crippen LogP contribution in [0, 0.1) is 39.4 Å². The molecule has 0 heterocycles. The van der Waals surface area contributed by atoms with Crippen LogP contribution < -0.4 is 4.74 Å². The molecule has 7 nitrogen and oxygen atoms in total. The van der Waals surface area contributed by atoms with Gasteiger partial charge in [0.2, 0.25) is 0 Å². The van der Waals surface area contributed by atoms with Crippen LogP contribution in [0.3, 0.4) is 0 Å². The van der Waals surface area contributed by atoms with Crippen molar-refractivity contribution >= 4 is 17.3 Å². The molecule has 0 spiro atoms. The van der Waals surface area contributed by atoms with Gasteiger partial charge in [0.1, 0.15) is 17.6 Å². The molecule has 1 fully saturated rings. The number of carbonyl (C=O) groups is 2. The summed E-state index contributed by atoms with van der Waals surface area (Å²) < 4.78 is 6.20. The summed E-state index contributed by atoms with van der Waals surface area (Å²) >= 11 is 0. The smallest absolute Gasteiger partial charge is 0.186 e. The van der Waals surface area contributed by atoms with Crippen LogP contribution in [0.25, 0.3) is 0 Å². The lowest BCUT2D eigenvalue weighted by Crippen LogP contribution is -2.45. The lowest BCUT2D eigenvalue weighted by Gasteiger charge is -2.44. The number of hydrogen-bond acceptors (Lipinski definition) is 7. The highest BCUT2D eigenvalue weighted by Gasteiger charge is 2.45. The zero-order valence-corrected chi connectivity index (χ0v) is 32.8. The Hall–Kier alpha value is -3.74. The first-order chi connectivity index (χ1) is 23.1. The van der Waals surface area contributed by atoms with Crippen molar-refractivity contribution in [3.05, 3.63) is 82.8 Å². The van der Waals surface area contributed by atoms with Crippen LogP contribution in [0.2, 0.25) is 0 Å². The molecule has 1 saturated carbocycles. The van der Waals surface area contributed by atoms with E-state index in [1.54, 1.807) is 6.20 Å². The maximum absolute atomic E-state index is 13.4. The number of hydrogen-bond donors (Lipinski definition) is 0. The van der Waals surface area contributed by atoms with Crippen LogP contribution in [0.5, 0.6) is 5.75 Å². The van der Waals surface area contributed by atoms with Crippen LogP contribution in [0.4, 0.5) is 5.69 Å². The van der Waals surface area contributed by atoms with Gasteiger partial charge in [0.25, 0.3) is 0 Å². The number of benzene rings is 1. The SMILES string of the molecule is CC1=C(C(C)(C)C)C(=O)C(C(C)(C)C)=C/C1=C/N=Nc1ccc(OC2C=CC(N=NCC3CC(C(C)(C)C)C(=O)C(C(C)(C)C)C3)=CC2)cc1. The quantitative estimate of drug-likeness (QED) is 0.268. The topological polar surface area (TPSA) is 92.8 Å². The van der Waals surface area contributed by atoms with Gasteiger partial charge in [-0.2, -0.15) is 20.5 Å². The van der Waals surface area contributed by atoms with Crippen molar-refractivity contribution in [2.45, 2.75) is 115 Å². The molecule has 1 aromatic rings. The molecular weight excluding hydrogens is 620 g/mol. The van der Waals surface area contributed by atoms with E-state index in [1.807, 2.05) is 49.4 Å². The van der Waals surface area contributed by atoms with E-state index in [4.69, 9.17) is 4.74 Å². The fourth-order valence-corrected chi connectivity index (χ4v) is 7.23. The molecule has 0 N–H and O–H groups in total. The molecule has 3 atom stereocenters. The third-order valence-electron chi connectivity index (χ3n) is 10.1.